The molecule has 0 bridgehead atoms. The minimum atomic E-state index is 0.442. The second-order valence-electron chi connectivity index (χ2n) is 5.30. The van der Waals surface area contributed by atoms with Gasteiger partial charge in [0.05, 0.1) is 19.1 Å². The number of methoxy groups -OCH3 is 1. The highest BCUT2D eigenvalue weighted by molar-refractivity contribution is 5.29. The van der Waals surface area contributed by atoms with Crippen molar-refractivity contribution in [3.8, 4) is 5.75 Å². The highest BCUT2D eigenvalue weighted by atomic mass is 16.5. The Hall–Kier alpha value is -1.81. The normalized spacial score (nSPS) is 18.9. The molecule has 2 heterocycles. The van der Waals surface area contributed by atoms with E-state index in [9.17, 15) is 0 Å². The smallest absolute Gasteiger partial charge is 0.119 e. The van der Waals surface area contributed by atoms with Gasteiger partial charge < -0.3 is 14.6 Å². The Kier molecular flexibility index (Phi) is 4.02. The number of aromatic nitrogens is 2. The number of nitrogens with zero attached hydrogens (tertiary/aromatic N) is 2. The summed E-state index contributed by atoms with van der Waals surface area (Å²) in [5, 5.41) is 3.58. The van der Waals surface area contributed by atoms with Gasteiger partial charge in [-0.15, -0.1) is 0 Å². The van der Waals surface area contributed by atoms with Crippen LogP contribution in [0.15, 0.2) is 36.8 Å². The van der Waals surface area contributed by atoms with E-state index in [-0.39, 0.29) is 0 Å². The largest absolute Gasteiger partial charge is 0.497 e. The molecule has 1 fully saturated rings. The fraction of sp³-hybridized carbons (Fsp3) is 0.438. The standard InChI is InChI=1S/C16H21N3O/c1-20-14-6-4-5-13(9-14)11-19-12-17-10-16(19)15-7-2-3-8-18-15/h4-6,9-10,12,15,18H,2-3,7-8,11H2,1H3. The molecule has 20 heavy (non-hydrogen) atoms. The van der Waals surface area contributed by atoms with E-state index in [2.05, 4.69) is 27.0 Å². The third kappa shape index (κ3) is 2.85. The van der Waals surface area contributed by atoms with Gasteiger partial charge in [-0.25, -0.2) is 4.98 Å². The van der Waals surface area contributed by atoms with Crippen LogP contribution in [0.1, 0.15) is 36.6 Å². The molecule has 4 nitrogen and oxygen atoms in total. The molecular weight excluding hydrogens is 250 g/mol. The van der Waals surface area contributed by atoms with Crippen molar-refractivity contribution in [1.82, 2.24) is 14.9 Å². The second-order valence-corrected chi connectivity index (χ2v) is 5.30. The van der Waals surface area contributed by atoms with Crippen molar-refractivity contribution in [3.05, 3.63) is 48.0 Å². The molecule has 0 spiro atoms. The summed E-state index contributed by atoms with van der Waals surface area (Å²) in [5.41, 5.74) is 2.52. The Bertz CT molecular complexity index is 558. The molecule has 2 aromatic rings. The van der Waals surface area contributed by atoms with E-state index in [1.54, 1.807) is 7.11 Å². The zero-order chi connectivity index (χ0) is 13.8. The molecule has 1 unspecified atom stereocenters. The van der Waals surface area contributed by atoms with Crippen molar-refractivity contribution in [2.45, 2.75) is 31.8 Å². The molecule has 1 aliphatic heterocycles. The van der Waals surface area contributed by atoms with Crippen molar-refractivity contribution >= 4 is 0 Å². The molecule has 4 heteroatoms. The van der Waals surface area contributed by atoms with Crippen LogP contribution in [-0.2, 0) is 6.54 Å². The van der Waals surface area contributed by atoms with Crippen LogP contribution in [0.25, 0.3) is 0 Å². The van der Waals surface area contributed by atoms with Gasteiger partial charge in [0.15, 0.2) is 0 Å². The van der Waals surface area contributed by atoms with Gasteiger partial charge >= 0.3 is 0 Å². The molecule has 1 aromatic carbocycles. The van der Waals surface area contributed by atoms with Crippen molar-refractivity contribution in [3.63, 3.8) is 0 Å². The van der Waals surface area contributed by atoms with E-state index < -0.39 is 0 Å². The quantitative estimate of drug-likeness (QED) is 0.929. The molecule has 1 saturated heterocycles. The molecule has 0 saturated carbocycles. The Balaban J connectivity index is 1.78. The lowest BCUT2D eigenvalue weighted by Crippen LogP contribution is -2.28. The summed E-state index contributed by atoms with van der Waals surface area (Å²) in [5.74, 6) is 0.903. The summed E-state index contributed by atoms with van der Waals surface area (Å²) >= 11 is 0. The lowest BCUT2D eigenvalue weighted by atomic mass is 10.0. The van der Waals surface area contributed by atoms with Gasteiger partial charge in [-0.1, -0.05) is 18.6 Å². The molecule has 0 radical (unpaired) electrons. The number of benzene rings is 1. The fourth-order valence-corrected chi connectivity index (χ4v) is 2.83. The van der Waals surface area contributed by atoms with Crippen molar-refractivity contribution < 1.29 is 4.74 Å². The molecule has 1 atom stereocenters. The van der Waals surface area contributed by atoms with Gasteiger partial charge in [0.1, 0.15) is 5.75 Å². The van der Waals surface area contributed by atoms with Crippen LogP contribution < -0.4 is 10.1 Å². The Morgan fingerprint density at radius 2 is 2.35 bits per heavy atom. The van der Waals surface area contributed by atoms with Crippen molar-refractivity contribution in [2.75, 3.05) is 13.7 Å². The Labute approximate surface area is 119 Å². The van der Waals surface area contributed by atoms with E-state index in [0.29, 0.717) is 6.04 Å². The van der Waals surface area contributed by atoms with Gasteiger partial charge in [0, 0.05) is 18.8 Å². The average Bonchev–Trinajstić information content (AvgIpc) is 2.96. The summed E-state index contributed by atoms with van der Waals surface area (Å²) in [6, 6.07) is 8.65. The maximum absolute atomic E-state index is 5.28. The van der Waals surface area contributed by atoms with E-state index in [4.69, 9.17) is 4.74 Å². The number of nitrogens with one attached hydrogen (secondary N) is 1. The number of hydrogen-bond donors (Lipinski definition) is 1. The number of piperidine rings is 1. The predicted octanol–water partition coefficient (Wildman–Crippen LogP) is 2.75. The maximum atomic E-state index is 5.28. The first kappa shape index (κ1) is 13.2. The average molecular weight is 271 g/mol. The topological polar surface area (TPSA) is 39.1 Å². The molecule has 0 amide bonds. The number of ether oxygens (including phenoxy) is 1. The number of rotatable bonds is 4. The minimum Gasteiger partial charge on any atom is -0.497 e. The van der Waals surface area contributed by atoms with Crippen LogP contribution in [0.5, 0.6) is 5.75 Å². The molecular formula is C16H21N3O. The Morgan fingerprint density at radius 1 is 1.40 bits per heavy atom. The first-order valence-electron chi connectivity index (χ1n) is 7.23. The van der Waals surface area contributed by atoms with Crippen LogP contribution in [0.2, 0.25) is 0 Å². The lowest BCUT2D eigenvalue weighted by Gasteiger charge is -2.24. The predicted molar refractivity (Wildman–Crippen MR) is 78.9 cm³/mol. The molecule has 1 N–H and O–H groups in total. The minimum absolute atomic E-state index is 0.442. The summed E-state index contributed by atoms with van der Waals surface area (Å²) in [6.07, 6.45) is 7.68. The first-order chi connectivity index (χ1) is 9.86. The van der Waals surface area contributed by atoms with Crippen LogP contribution in [0.3, 0.4) is 0 Å². The fourth-order valence-electron chi connectivity index (χ4n) is 2.83. The third-order valence-corrected chi connectivity index (χ3v) is 3.90. The van der Waals surface area contributed by atoms with Gasteiger partial charge in [-0.05, 0) is 37.1 Å². The summed E-state index contributed by atoms with van der Waals surface area (Å²) in [4.78, 5) is 4.33. The number of imidazole rings is 1. The molecule has 3 rings (SSSR count). The van der Waals surface area contributed by atoms with E-state index in [0.717, 1.165) is 18.8 Å². The SMILES string of the molecule is COc1cccc(Cn2cncc2C2CCCCN2)c1. The highest BCUT2D eigenvalue weighted by Crippen LogP contribution is 2.23. The molecule has 0 aliphatic carbocycles. The monoisotopic (exact) mass is 271 g/mol. The maximum Gasteiger partial charge on any atom is 0.119 e. The molecule has 106 valence electrons. The van der Waals surface area contributed by atoms with Gasteiger partial charge in [0.25, 0.3) is 0 Å². The third-order valence-electron chi connectivity index (χ3n) is 3.90. The summed E-state index contributed by atoms with van der Waals surface area (Å²) in [6.45, 7) is 1.94. The Morgan fingerprint density at radius 3 is 3.15 bits per heavy atom. The van der Waals surface area contributed by atoms with Crippen molar-refractivity contribution in [2.24, 2.45) is 0 Å². The van der Waals surface area contributed by atoms with Crippen LogP contribution in [-0.4, -0.2) is 23.2 Å². The van der Waals surface area contributed by atoms with E-state index >= 15 is 0 Å². The van der Waals surface area contributed by atoms with Crippen LogP contribution >= 0.6 is 0 Å². The number of hydrogen-bond acceptors (Lipinski definition) is 3. The molecule has 1 aliphatic rings. The second kappa shape index (κ2) is 6.09. The van der Waals surface area contributed by atoms with Crippen molar-refractivity contribution in [1.29, 1.82) is 0 Å². The van der Waals surface area contributed by atoms with Crippen LogP contribution in [0.4, 0.5) is 0 Å². The highest BCUT2D eigenvalue weighted by Gasteiger charge is 2.18. The van der Waals surface area contributed by atoms with Crippen LogP contribution in [0, 0.1) is 0 Å². The van der Waals surface area contributed by atoms with Gasteiger partial charge in [-0.3, -0.25) is 0 Å². The van der Waals surface area contributed by atoms with E-state index in [1.807, 2.05) is 24.7 Å². The summed E-state index contributed by atoms with van der Waals surface area (Å²) < 4.78 is 7.52. The zero-order valence-corrected chi connectivity index (χ0v) is 11.9. The van der Waals surface area contributed by atoms with Gasteiger partial charge in [0.2, 0.25) is 0 Å². The first-order valence-corrected chi connectivity index (χ1v) is 7.23. The zero-order valence-electron chi connectivity index (χ0n) is 11.9. The molecule has 1 aromatic heterocycles. The van der Waals surface area contributed by atoms with Gasteiger partial charge in [-0.2, -0.15) is 0 Å². The van der Waals surface area contributed by atoms with E-state index in [1.165, 1.54) is 30.5 Å². The summed E-state index contributed by atoms with van der Waals surface area (Å²) in [7, 11) is 1.70. The lowest BCUT2D eigenvalue weighted by molar-refractivity contribution is 0.395.